The SMILES string of the molecule is [CH2-]C1C(OP(=O)([O-])[O-])OC(COP(=O)([O-])[O-])[C@@H]([CH2-])[C@H]1O.[K+].[K+].[K+].[K+]. The van der Waals surface area contributed by atoms with Crippen molar-refractivity contribution in [1.29, 1.82) is 0 Å². The number of phosphoric ester groups is 2. The molecule has 0 saturated carbocycles. The number of aliphatic hydroxyl groups is 1. The Bertz CT molecular complexity index is 429. The zero-order valence-corrected chi connectivity index (χ0v) is 28.3. The van der Waals surface area contributed by atoms with Crippen LogP contribution in [0.2, 0.25) is 0 Å². The average molecular weight is 487 g/mol. The summed E-state index contributed by atoms with van der Waals surface area (Å²) in [6.07, 6.45) is -4.35. The van der Waals surface area contributed by atoms with Crippen molar-refractivity contribution in [3.63, 3.8) is 0 Å². The molecule has 0 spiro atoms. The van der Waals surface area contributed by atoms with E-state index in [2.05, 4.69) is 22.9 Å². The molecule has 1 N–H and O–H groups in total. The minimum atomic E-state index is -5.41. The van der Waals surface area contributed by atoms with Crippen LogP contribution < -0.4 is 225 Å². The van der Waals surface area contributed by atoms with E-state index in [1.807, 2.05) is 0 Å². The molecule has 1 rings (SSSR count). The molecule has 120 valence electrons. The van der Waals surface area contributed by atoms with Crippen molar-refractivity contribution in [3.05, 3.63) is 13.8 Å². The Labute approximate surface area is 310 Å². The summed E-state index contributed by atoms with van der Waals surface area (Å²) in [4.78, 5) is 41.8. The molecule has 0 aliphatic carbocycles. The number of aliphatic hydroxyl groups excluding tert-OH is 1. The maximum Gasteiger partial charge on any atom is 1.00 e. The Morgan fingerprint density at radius 2 is 1.42 bits per heavy atom. The molecule has 0 aromatic carbocycles. The van der Waals surface area contributed by atoms with Gasteiger partial charge in [0.25, 0.3) is 0 Å². The van der Waals surface area contributed by atoms with Gasteiger partial charge in [0.2, 0.25) is 0 Å². The molecule has 1 aliphatic heterocycles. The first-order valence-electron chi connectivity index (χ1n) is 5.27. The number of hydrogen-bond acceptors (Lipinski definition) is 10. The fourth-order valence-corrected chi connectivity index (χ4v) is 2.42. The Morgan fingerprint density at radius 3 is 1.79 bits per heavy atom. The zero-order chi connectivity index (χ0) is 15.7. The molecule has 1 saturated heterocycles. The van der Waals surface area contributed by atoms with E-state index in [1.54, 1.807) is 0 Å². The summed E-state index contributed by atoms with van der Waals surface area (Å²) in [6.45, 7) is 6.05. The van der Waals surface area contributed by atoms with Crippen molar-refractivity contribution in [1.82, 2.24) is 0 Å². The molecular weight excluding hydrogens is 474 g/mol. The molecule has 10 nitrogen and oxygen atoms in total. The van der Waals surface area contributed by atoms with Gasteiger partial charge in [-0.1, -0.05) is 5.92 Å². The molecule has 1 aliphatic rings. The third-order valence-electron chi connectivity index (χ3n) is 2.64. The van der Waals surface area contributed by atoms with Crippen LogP contribution in [0.1, 0.15) is 0 Å². The first-order chi connectivity index (χ1) is 8.91. The van der Waals surface area contributed by atoms with Gasteiger partial charge in [0.1, 0.15) is 6.29 Å². The van der Waals surface area contributed by atoms with Crippen LogP contribution in [0.3, 0.4) is 0 Å². The Hall–Kier alpha value is 6.69. The predicted molar refractivity (Wildman–Crippen MR) is 54.6 cm³/mol. The van der Waals surface area contributed by atoms with Crippen molar-refractivity contribution >= 4 is 15.6 Å². The number of rotatable bonds is 5. The molecule has 1 fully saturated rings. The van der Waals surface area contributed by atoms with Gasteiger partial charge in [-0.2, -0.15) is 0 Å². The van der Waals surface area contributed by atoms with Crippen molar-refractivity contribution in [2.45, 2.75) is 18.5 Å². The number of phosphoric acid groups is 2. The normalized spacial score (nSPS) is 30.0. The van der Waals surface area contributed by atoms with Crippen LogP contribution in [-0.4, -0.2) is 30.2 Å². The third-order valence-corrected chi connectivity index (χ3v) is 3.57. The quantitative estimate of drug-likeness (QED) is 0.223. The minimum Gasteiger partial charge on any atom is -0.790 e. The van der Waals surface area contributed by atoms with E-state index in [0.29, 0.717) is 0 Å². The van der Waals surface area contributed by atoms with Gasteiger partial charge in [-0.05, 0) is 0 Å². The third kappa shape index (κ3) is 15.5. The molecule has 3 unspecified atom stereocenters. The molecule has 0 bridgehead atoms. The summed E-state index contributed by atoms with van der Waals surface area (Å²) in [5, 5.41) is 9.75. The maximum absolute atomic E-state index is 10.5. The van der Waals surface area contributed by atoms with Crippen molar-refractivity contribution in [3.8, 4) is 0 Å². The van der Waals surface area contributed by atoms with Crippen LogP contribution in [0.4, 0.5) is 0 Å². The second kappa shape index (κ2) is 17.2. The molecule has 24 heavy (non-hydrogen) atoms. The van der Waals surface area contributed by atoms with Gasteiger partial charge in [-0.25, -0.2) is 0 Å². The molecule has 5 atom stereocenters. The molecule has 0 radical (unpaired) electrons. The van der Waals surface area contributed by atoms with Crippen molar-refractivity contribution < 1.29 is 253 Å². The number of ether oxygens (including phenoxy) is 1. The molecule has 16 heteroatoms. The van der Waals surface area contributed by atoms with E-state index in [4.69, 9.17) is 4.74 Å². The van der Waals surface area contributed by atoms with Gasteiger partial charge >= 0.3 is 206 Å². The maximum atomic E-state index is 10.5. The van der Waals surface area contributed by atoms with Crippen molar-refractivity contribution in [2.24, 2.45) is 11.8 Å². The Kier molecular flexibility index (Phi) is 27.2. The smallest absolute Gasteiger partial charge is 0.790 e. The first kappa shape index (κ1) is 38.0. The molecular formula is C8H12K4O10P2-2. The molecule has 0 aromatic rings. The summed E-state index contributed by atoms with van der Waals surface area (Å²) >= 11 is 0. The molecule has 0 aromatic heterocycles. The van der Waals surface area contributed by atoms with E-state index in [0.717, 1.165) is 0 Å². The first-order valence-corrected chi connectivity index (χ1v) is 8.19. The van der Waals surface area contributed by atoms with Gasteiger partial charge in [-0.3, -0.25) is 0 Å². The van der Waals surface area contributed by atoms with Gasteiger partial charge < -0.3 is 61.4 Å². The standard InChI is InChI=1S/C8H16O10P2.4K/c1-4-6(3-16-19(10,11)12)17-8(5(2)7(4)9)18-20(13,14)15;;;;/h4-9H,1-3H2,(H2,10,11,12)(H2,13,14,15);;;;/q-2;4*+1/p-4/t4-,5?,6?,7-,8?;;;;/m1..../s1. The second-order valence-corrected chi connectivity index (χ2v) is 6.41. The zero-order valence-electron chi connectivity index (χ0n) is 14.0. The van der Waals surface area contributed by atoms with Crippen LogP contribution in [0.15, 0.2) is 0 Å². The van der Waals surface area contributed by atoms with E-state index >= 15 is 0 Å². The Balaban J connectivity index is -0.000000500. The summed E-state index contributed by atoms with van der Waals surface area (Å²) in [5.41, 5.74) is 0. The van der Waals surface area contributed by atoms with E-state index < -0.39 is 52.6 Å². The van der Waals surface area contributed by atoms with Crippen LogP contribution in [-0.2, 0) is 22.9 Å². The fraction of sp³-hybridized carbons (Fsp3) is 0.750. The van der Waals surface area contributed by atoms with Gasteiger partial charge in [0.15, 0.2) is 0 Å². The van der Waals surface area contributed by atoms with Gasteiger partial charge in [0, 0.05) is 6.10 Å². The van der Waals surface area contributed by atoms with Crippen LogP contribution in [0.5, 0.6) is 0 Å². The van der Waals surface area contributed by atoms with E-state index in [-0.39, 0.29) is 206 Å². The van der Waals surface area contributed by atoms with Crippen LogP contribution >= 0.6 is 15.6 Å². The minimum absolute atomic E-state index is 0. The molecule has 0 amide bonds. The Morgan fingerprint density at radius 1 is 0.958 bits per heavy atom. The van der Waals surface area contributed by atoms with Gasteiger partial charge in [0.05, 0.1) is 28.4 Å². The van der Waals surface area contributed by atoms with E-state index in [9.17, 15) is 33.8 Å². The predicted octanol–water partition coefficient (Wildman–Crippen LogP) is -15.3. The van der Waals surface area contributed by atoms with Gasteiger partial charge in [-0.15, -0.1) is 5.92 Å². The molecule has 1 heterocycles. The number of hydrogen-bond donors (Lipinski definition) is 1. The second-order valence-electron chi connectivity index (χ2n) is 4.16. The largest absolute Gasteiger partial charge is 1.00 e. The summed E-state index contributed by atoms with van der Waals surface area (Å²) in [5.74, 6) is -2.13. The topological polar surface area (TPSA) is 174 Å². The van der Waals surface area contributed by atoms with Crippen LogP contribution in [0.25, 0.3) is 0 Å². The summed E-state index contributed by atoms with van der Waals surface area (Å²) in [7, 11) is -10.7. The van der Waals surface area contributed by atoms with Crippen molar-refractivity contribution in [2.75, 3.05) is 6.61 Å². The average Bonchev–Trinajstić information content (AvgIpc) is 2.25. The summed E-state index contributed by atoms with van der Waals surface area (Å²) < 4.78 is 33.9. The fourth-order valence-electron chi connectivity index (χ4n) is 1.63. The van der Waals surface area contributed by atoms with Crippen LogP contribution in [0, 0.1) is 25.7 Å². The monoisotopic (exact) mass is 486 g/mol. The summed E-state index contributed by atoms with van der Waals surface area (Å²) in [6, 6.07) is 0. The van der Waals surface area contributed by atoms with E-state index in [1.165, 1.54) is 0 Å².